The number of thioether (sulfide) groups is 1. The summed E-state index contributed by atoms with van der Waals surface area (Å²) in [5.41, 5.74) is 0.100. The van der Waals surface area contributed by atoms with Crippen LogP contribution in [0.3, 0.4) is 0 Å². The van der Waals surface area contributed by atoms with Crippen molar-refractivity contribution in [1.29, 1.82) is 0 Å². The average Bonchev–Trinajstić information content (AvgIpc) is 3.25. The number of amides is 1. The minimum Gasteiger partial charge on any atom is -0.459 e. The summed E-state index contributed by atoms with van der Waals surface area (Å²) < 4.78 is 53.4. The van der Waals surface area contributed by atoms with Gasteiger partial charge in [-0.2, -0.15) is 13.2 Å². The van der Waals surface area contributed by atoms with Gasteiger partial charge in [-0.15, -0.1) is 0 Å². The van der Waals surface area contributed by atoms with Crippen LogP contribution in [0.15, 0.2) is 51.6 Å². The van der Waals surface area contributed by atoms with E-state index in [0.29, 0.717) is 37.6 Å². The first kappa shape index (κ1) is 27.3. The highest BCUT2D eigenvalue weighted by molar-refractivity contribution is 8.16. The number of carbonyl (C=O) groups excluding carboxylic acids is 2. The standard InChI is InChI=1S/C26H30F3N3O4S/c1-15(2)17-5-7-18(8-6-17)22-21(24(34)36-16(3)4)23(26(27,28)29)30-25-32(22)19(14-37-25)13-20(33)31-9-11-35-12-10-31/h5-8,14-16,22H,9-13H2,1-4H3. The molecule has 0 bridgehead atoms. The number of carbonyl (C=O) groups is 2. The SMILES string of the molecule is CC(C)OC(=O)C1=C(C(F)(F)F)N=C2SC=C(CC(=O)N3CCOCC3)N2C1c1ccc(C(C)C)cc1. The second kappa shape index (κ2) is 10.9. The number of halogens is 3. The van der Waals surface area contributed by atoms with Crippen molar-refractivity contribution in [2.45, 2.75) is 58.4 Å². The van der Waals surface area contributed by atoms with Crippen LogP contribution in [0.2, 0.25) is 0 Å². The highest BCUT2D eigenvalue weighted by Gasteiger charge is 2.49. The first-order valence-electron chi connectivity index (χ1n) is 12.2. The maximum absolute atomic E-state index is 14.3. The summed E-state index contributed by atoms with van der Waals surface area (Å²) in [4.78, 5) is 33.4. The van der Waals surface area contributed by atoms with Crippen molar-refractivity contribution in [3.05, 3.63) is 57.8 Å². The molecule has 1 aromatic rings. The summed E-state index contributed by atoms with van der Waals surface area (Å²) in [5.74, 6) is -1.03. The minimum atomic E-state index is -4.88. The van der Waals surface area contributed by atoms with Crippen molar-refractivity contribution in [1.82, 2.24) is 9.80 Å². The zero-order valence-corrected chi connectivity index (χ0v) is 22.0. The number of aliphatic imine (C=N–C) groups is 1. The molecule has 37 heavy (non-hydrogen) atoms. The maximum Gasteiger partial charge on any atom is 0.434 e. The third-order valence-electron chi connectivity index (χ3n) is 6.26. The van der Waals surface area contributed by atoms with Gasteiger partial charge in [0.1, 0.15) is 0 Å². The number of amidine groups is 1. The van der Waals surface area contributed by atoms with Gasteiger partial charge in [-0.1, -0.05) is 49.9 Å². The summed E-state index contributed by atoms with van der Waals surface area (Å²) in [6.07, 6.45) is -5.55. The van der Waals surface area contributed by atoms with Crippen molar-refractivity contribution in [2.24, 2.45) is 4.99 Å². The predicted octanol–water partition coefficient (Wildman–Crippen LogP) is 5.13. The fourth-order valence-electron chi connectivity index (χ4n) is 4.42. The molecule has 0 radical (unpaired) electrons. The molecule has 11 heteroatoms. The Hall–Kier alpha value is -2.79. The zero-order valence-electron chi connectivity index (χ0n) is 21.2. The molecule has 0 aromatic heterocycles. The molecule has 4 rings (SSSR count). The van der Waals surface area contributed by atoms with Gasteiger partial charge in [0.05, 0.1) is 37.4 Å². The van der Waals surface area contributed by atoms with Crippen LogP contribution in [-0.4, -0.2) is 65.4 Å². The highest BCUT2D eigenvalue weighted by Crippen LogP contribution is 2.48. The second-order valence-electron chi connectivity index (χ2n) is 9.60. The molecule has 1 aromatic carbocycles. The van der Waals surface area contributed by atoms with E-state index in [1.165, 1.54) is 0 Å². The summed E-state index contributed by atoms with van der Waals surface area (Å²) >= 11 is 1.01. The lowest BCUT2D eigenvalue weighted by Gasteiger charge is -2.37. The Labute approximate surface area is 218 Å². The van der Waals surface area contributed by atoms with Crippen LogP contribution >= 0.6 is 11.8 Å². The van der Waals surface area contributed by atoms with Crippen molar-refractivity contribution in [2.75, 3.05) is 26.3 Å². The predicted molar refractivity (Wildman–Crippen MR) is 135 cm³/mol. The van der Waals surface area contributed by atoms with Gasteiger partial charge in [0.2, 0.25) is 5.91 Å². The monoisotopic (exact) mass is 537 g/mol. The van der Waals surface area contributed by atoms with E-state index in [-0.39, 0.29) is 23.4 Å². The molecular weight excluding hydrogens is 507 g/mol. The number of allylic oxidation sites excluding steroid dienone is 1. The van der Waals surface area contributed by atoms with Crippen LogP contribution in [0, 0.1) is 0 Å². The van der Waals surface area contributed by atoms with Crippen LogP contribution in [0.4, 0.5) is 13.2 Å². The Balaban J connectivity index is 1.80. The normalized spacial score (nSPS) is 20.3. The summed E-state index contributed by atoms with van der Waals surface area (Å²) in [5, 5.41) is 1.70. The van der Waals surface area contributed by atoms with Crippen LogP contribution in [0.25, 0.3) is 0 Å². The van der Waals surface area contributed by atoms with Crippen LogP contribution in [-0.2, 0) is 19.1 Å². The number of benzene rings is 1. The number of rotatable bonds is 6. The topological polar surface area (TPSA) is 71.4 Å². The van der Waals surface area contributed by atoms with Crippen molar-refractivity contribution >= 4 is 28.8 Å². The van der Waals surface area contributed by atoms with Crippen LogP contribution < -0.4 is 0 Å². The lowest BCUT2D eigenvalue weighted by Crippen LogP contribution is -2.43. The van der Waals surface area contributed by atoms with Crippen LogP contribution in [0.1, 0.15) is 57.2 Å². The molecule has 0 saturated carbocycles. The molecule has 0 spiro atoms. The van der Waals surface area contributed by atoms with Gasteiger partial charge in [0.15, 0.2) is 10.9 Å². The van der Waals surface area contributed by atoms with E-state index >= 15 is 0 Å². The summed E-state index contributed by atoms with van der Waals surface area (Å²) in [7, 11) is 0. The zero-order chi connectivity index (χ0) is 26.9. The number of fused-ring (bicyclic) bond motifs is 1. The third-order valence-corrected chi connectivity index (χ3v) is 7.14. The fourth-order valence-corrected chi connectivity index (χ4v) is 5.33. The van der Waals surface area contributed by atoms with E-state index in [0.717, 1.165) is 17.3 Å². The number of alkyl halides is 3. The number of ether oxygens (including phenoxy) is 2. The second-order valence-corrected chi connectivity index (χ2v) is 10.4. The smallest absolute Gasteiger partial charge is 0.434 e. The lowest BCUT2D eigenvalue weighted by molar-refractivity contribution is -0.145. The lowest BCUT2D eigenvalue weighted by atomic mass is 9.91. The van der Waals surface area contributed by atoms with Crippen LogP contribution in [0.5, 0.6) is 0 Å². The van der Waals surface area contributed by atoms with E-state index in [9.17, 15) is 22.8 Å². The molecule has 7 nitrogen and oxygen atoms in total. The summed E-state index contributed by atoms with van der Waals surface area (Å²) in [6, 6.07) is 5.98. The number of hydrogen-bond donors (Lipinski definition) is 0. The molecule has 1 atom stereocenters. The third kappa shape index (κ3) is 5.87. The van der Waals surface area contributed by atoms with Gasteiger partial charge < -0.3 is 19.3 Å². The molecule has 0 aliphatic carbocycles. The van der Waals surface area contributed by atoms with Gasteiger partial charge in [0.25, 0.3) is 0 Å². The maximum atomic E-state index is 14.3. The van der Waals surface area contributed by atoms with E-state index in [1.54, 1.807) is 41.2 Å². The number of esters is 1. The molecule has 1 fully saturated rings. The molecule has 3 aliphatic rings. The molecule has 1 unspecified atom stereocenters. The van der Waals surface area contributed by atoms with E-state index in [2.05, 4.69) is 4.99 Å². The Morgan fingerprint density at radius 1 is 1.14 bits per heavy atom. The number of nitrogens with zero attached hydrogens (tertiary/aromatic N) is 3. The minimum absolute atomic E-state index is 0.0412. The van der Waals surface area contributed by atoms with Gasteiger partial charge in [-0.05, 0) is 36.3 Å². The van der Waals surface area contributed by atoms with E-state index in [1.807, 2.05) is 26.0 Å². The first-order chi connectivity index (χ1) is 17.5. The average molecular weight is 538 g/mol. The van der Waals surface area contributed by atoms with Crippen molar-refractivity contribution in [3.63, 3.8) is 0 Å². The van der Waals surface area contributed by atoms with E-state index < -0.39 is 35.6 Å². The fraction of sp³-hybridized carbons (Fsp3) is 0.500. The summed E-state index contributed by atoms with van der Waals surface area (Å²) in [6.45, 7) is 8.95. The van der Waals surface area contributed by atoms with Gasteiger partial charge in [-0.25, -0.2) is 9.79 Å². The molecule has 3 heterocycles. The Morgan fingerprint density at radius 3 is 2.35 bits per heavy atom. The molecule has 3 aliphatic heterocycles. The molecule has 0 N–H and O–H groups in total. The first-order valence-corrected chi connectivity index (χ1v) is 13.1. The van der Waals surface area contributed by atoms with Crippen molar-refractivity contribution in [3.8, 4) is 0 Å². The Kier molecular flexibility index (Phi) is 8.03. The number of morpholine rings is 1. The Morgan fingerprint density at radius 2 is 1.78 bits per heavy atom. The highest BCUT2D eigenvalue weighted by atomic mass is 32.2. The molecule has 1 amide bonds. The van der Waals surface area contributed by atoms with Gasteiger partial charge in [-0.3, -0.25) is 4.79 Å². The quantitative estimate of drug-likeness (QED) is 0.469. The van der Waals surface area contributed by atoms with Gasteiger partial charge >= 0.3 is 12.1 Å². The molecule has 200 valence electrons. The Bertz CT molecular complexity index is 1140. The van der Waals surface area contributed by atoms with E-state index in [4.69, 9.17) is 9.47 Å². The molecule has 1 saturated heterocycles. The molecular formula is C26H30F3N3O4S. The number of hydrogen-bond acceptors (Lipinski definition) is 7. The van der Waals surface area contributed by atoms with Gasteiger partial charge in [0, 0.05) is 18.8 Å². The van der Waals surface area contributed by atoms with Crippen molar-refractivity contribution < 1.29 is 32.2 Å². The largest absolute Gasteiger partial charge is 0.459 e.